The van der Waals surface area contributed by atoms with Crippen molar-refractivity contribution in [2.75, 3.05) is 13.6 Å². The van der Waals surface area contributed by atoms with Gasteiger partial charge < -0.3 is 10.2 Å². The fraction of sp³-hybridized carbons (Fsp3) is 0.526. The third kappa shape index (κ3) is 3.38. The number of amides is 4. The van der Waals surface area contributed by atoms with Crippen molar-refractivity contribution in [1.82, 2.24) is 15.1 Å². The van der Waals surface area contributed by atoms with Crippen LogP contribution in [0.3, 0.4) is 0 Å². The Kier molecular flexibility index (Phi) is 4.54. The zero-order valence-electron chi connectivity index (χ0n) is 15.0. The second kappa shape index (κ2) is 6.50. The van der Waals surface area contributed by atoms with Crippen molar-refractivity contribution in [2.45, 2.75) is 45.2 Å². The van der Waals surface area contributed by atoms with Gasteiger partial charge >= 0.3 is 6.03 Å². The molecule has 25 heavy (non-hydrogen) atoms. The minimum Gasteiger partial charge on any atom is -0.340 e. The Bertz CT molecular complexity index is 696. The minimum atomic E-state index is -0.841. The fourth-order valence-corrected chi connectivity index (χ4v) is 3.30. The molecule has 1 aliphatic carbocycles. The van der Waals surface area contributed by atoms with E-state index in [4.69, 9.17) is 0 Å². The van der Waals surface area contributed by atoms with Crippen LogP contribution in [0.2, 0.25) is 0 Å². The van der Waals surface area contributed by atoms with Gasteiger partial charge in [-0.05, 0) is 43.2 Å². The van der Waals surface area contributed by atoms with Crippen molar-refractivity contribution in [3.05, 3.63) is 35.4 Å². The molecule has 0 spiro atoms. The Morgan fingerprint density at radius 3 is 2.40 bits per heavy atom. The van der Waals surface area contributed by atoms with Crippen molar-refractivity contribution in [2.24, 2.45) is 5.92 Å². The normalized spacial score (nSPS) is 22.9. The Morgan fingerprint density at radius 2 is 1.84 bits per heavy atom. The van der Waals surface area contributed by atoms with Crippen molar-refractivity contribution >= 4 is 17.8 Å². The fourth-order valence-electron chi connectivity index (χ4n) is 3.30. The summed E-state index contributed by atoms with van der Waals surface area (Å²) in [6.07, 6.45) is 2.86. The molecule has 1 atom stereocenters. The molecular weight excluding hydrogens is 318 g/mol. The van der Waals surface area contributed by atoms with Crippen LogP contribution in [0.5, 0.6) is 0 Å². The van der Waals surface area contributed by atoms with Gasteiger partial charge in [-0.25, -0.2) is 4.79 Å². The summed E-state index contributed by atoms with van der Waals surface area (Å²) in [4.78, 5) is 39.8. The predicted molar refractivity (Wildman–Crippen MR) is 93.7 cm³/mol. The van der Waals surface area contributed by atoms with Gasteiger partial charge in [0, 0.05) is 13.6 Å². The lowest BCUT2D eigenvalue weighted by atomic mass is 9.96. The molecule has 6 heteroatoms. The lowest BCUT2D eigenvalue weighted by Gasteiger charge is -2.22. The van der Waals surface area contributed by atoms with Gasteiger partial charge in [0.1, 0.15) is 12.1 Å². The number of nitrogens with zero attached hydrogens (tertiary/aromatic N) is 2. The average molecular weight is 343 g/mol. The molecule has 0 aromatic heterocycles. The third-order valence-corrected chi connectivity index (χ3v) is 5.27. The largest absolute Gasteiger partial charge is 0.340 e. The number of likely N-dealkylation sites (N-methyl/N-ethyl adjacent to an activating group) is 1. The Morgan fingerprint density at radius 1 is 1.24 bits per heavy atom. The zero-order valence-corrected chi connectivity index (χ0v) is 15.0. The van der Waals surface area contributed by atoms with Crippen LogP contribution in [0.15, 0.2) is 24.3 Å². The lowest BCUT2D eigenvalue weighted by molar-refractivity contribution is -0.138. The number of benzene rings is 1. The Hall–Kier alpha value is -2.37. The van der Waals surface area contributed by atoms with Gasteiger partial charge in [0.25, 0.3) is 5.91 Å². The monoisotopic (exact) mass is 343 g/mol. The molecule has 4 amide bonds. The average Bonchev–Trinajstić information content (AvgIpc) is 3.41. The van der Waals surface area contributed by atoms with Crippen molar-refractivity contribution < 1.29 is 14.4 Å². The number of urea groups is 1. The summed E-state index contributed by atoms with van der Waals surface area (Å²) in [5.74, 6) is -0.337. The summed E-state index contributed by atoms with van der Waals surface area (Å²) in [7, 11) is 1.69. The van der Waals surface area contributed by atoms with E-state index in [-0.39, 0.29) is 24.3 Å². The smallest absolute Gasteiger partial charge is 0.325 e. The van der Waals surface area contributed by atoms with Gasteiger partial charge in [-0.1, -0.05) is 31.2 Å². The van der Waals surface area contributed by atoms with Crippen LogP contribution in [0.25, 0.3) is 0 Å². The molecule has 1 saturated carbocycles. The molecule has 1 unspecified atom stereocenters. The highest BCUT2D eigenvalue weighted by atomic mass is 16.2. The van der Waals surface area contributed by atoms with Gasteiger partial charge in [-0.15, -0.1) is 0 Å². The molecule has 0 bridgehead atoms. The topological polar surface area (TPSA) is 69.7 Å². The van der Waals surface area contributed by atoms with Crippen molar-refractivity contribution in [3.8, 4) is 0 Å². The minimum absolute atomic E-state index is 0.193. The van der Waals surface area contributed by atoms with E-state index in [2.05, 4.69) is 12.2 Å². The highest BCUT2D eigenvalue weighted by molar-refractivity contribution is 6.09. The Labute approximate surface area is 148 Å². The molecule has 134 valence electrons. The van der Waals surface area contributed by atoms with E-state index < -0.39 is 11.6 Å². The second-order valence-electron chi connectivity index (χ2n) is 7.22. The second-order valence-corrected chi connectivity index (χ2v) is 7.22. The highest BCUT2D eigenvalue weighted by Gasteiger charge is 2.56. The number of nitrogens with one attached hydrogen (secondary N) is 1. The van der Waals surface area contributed by atoms with E-state index >= 15 is 0 Å². The molecule has 1 aliphatic heterocycles. The Balaban J connectivity index is 1.61. The van der Waals surface area contributed by atoms with E-state index in [9.17, 15) is 14.4 Å². The van der Waals surface area contributed by atoms with Gasteiger partial charge in [0.2, 0.25) is 5.91 Å². The maximum atomic E-state index is 12.6. The standard InChI is InChI=1S/C19H25N3O3/c1-4-13-5-7-14(8-6-13)11-21(3)16(23)12-22-17(24)19(2,15-9-10-15)20-18(22)25/h5-8,15H,4,9-12H2,1-3H3,(H,20,25). The third-order valence-electron chi connectivity index (χ3n) is 5.27. The van der Waals surface area contributed by atoms with Crippen LogP contribution < -0.4 is 5.32 Å². The predicted octanol–water partition coefficient (Wildman–Crippen LogP) is 1.93. The SMILES string of the molecule is CCc1ccc(CN(C)C(=O)CN2C(=O)NC(C)(C3CC3)C2=O)cc1. The van der Waals surface area contributed by atoms with Crippen LogP contribution in [0.1, 0.15) is 37.8 Å². The molecule has 1 saturated heterocycles. The molecule has 1 aromatic rings. The molecular formula is C19H25N3O3. The molecule has 1 N–H and O–H groups in total. The van der Waals surface area contributed by atoms with Crippen LogP contribution in [0, 0.1) is 5.92 Å². The number of carbonyl (C=O) groups excluding carboxylic acids is 3. The lowest BCUT2D eigenvalue weighted by Crippen LogP contribution is -2.47. The summed E-state index contributed by atoms with van der Waals surface area (Å²) in [5, 5.41) is 2.77. The molecule has 2 fully saturated rings. The van der Waals surface area contributed by atoms with Gasteiger partial charge in [0.15, 0.2) is 0 Å². The number of imide groups is 1. The maximum absolute atomic E-state index is 12.6. The van der Waals surface area contributed by atoms with E-state index in [0.717, 1.165) is 29.7 Å². The van der Waals surface area contributed by atoms with Crippen molar-refractivity contribution in [1.29, 1.82) is 0 Å². The molecule has 0 radical (unpaired) electrons. The molecule has 6 nitrogen and oxygen atoms in total. The summed E-state index contributed by atoms with van der Waals surface area (Å²) < 4.78 is 0. The zero-order chi connectivity index (χ0) is 18.2. The number of hydrogen-bond acceptors (Lipinski definition) is 3. The first-order valence-corrected chi connectivity index (χ1v) is 8.81. The van der Waals surface area contributed by atoms with Gasteiger partial charge in [-0.2, -0.15) is 0 Å². The van der Waals surface area contributed by atoms with Crippen LogP contribution in [-0.4, -0.2) is 46.8 Å². The molecule has 2 aliphatic rings. The van der Waals surface area contributed by atoms with E-state index in [1.165, 1.54) is 5.56 Å². The first kappa shape index (κ1) is 17.5. The molecule has 1 heterocycles. The van der Waals surface area contributed by atoms with E-state index in [1.807, 2.05) is 24.3 Å². The van der Waals surface area contributed by atoms with Crippen LogP contribution in [0.4, 0.5) is 4.79 Å². The van der Waals surface area contributed by atoms with Gasteiger partial charge in [0.05, 0.1) is 0 Å². The number of hydrogen-bond donors (Lipinski definition) is 1. The van der Waals surface area contributed by atoms with Crippen molar-refractivity contribution in [3.63, 3.8) is 0 Å². The summed E-state index contributed by atoms with van der Waals surface area (Å²) in [6, 6.07) is 7.63. The number of aryl methyl sites for hydroxylation is 1. The van der Waals surface area contributed by atoms with E-state index in [1.54, 1.807) is 18.9 Å². The van der Waals surface area contributed by atoms with Gasteiger partial charge in [-0.3, -0.25) is 14.5 Å². The first-order valence-electron chi connectivity index (χ1n) is 8.81. The summed E-state index contributed by atoms with van der Waals surface area (Å²) in [5.41, 5.74) is 1.43. The summed E-state index contributed by atoms with van der Waals surface area (Å²) >= 11 is 0. The molecule has 1 aromatic carbocycles. The number of rotatable bonds is 6. The number of carbonyl (C=O) groups is 3. The quantitative estimate of drug-likeness (QED) is 0.803. The molecule has 3 rings (SSSR count). The first-order chi connectivity index (χ1) is 11.8. The maximum Gasteiger partial charge on any atom is 0.325 e. The highest BCUT2D eigenvalue weighted by Crippen LogP contribution is 2.42. The summed E-state index contributed by atoms with van der Waals surface area (Å²) in [6.45, 7) is 4.09. The van der Waals surface area contributed by atoms with E-state index in [0.29, 0.717) is 6.54 Å². The van der Waals surface area contributed by atoms with Crippen LogP contribution >= 0.6 is 0 Å². The van der Waals surface area contributed by atoms with Crippen LogP contribution in [-0.2, 0) is 22.6 Å².